The van der Waals surface area contributed by atoms with Crippen LogP contribution in [0.1, 0.15) is 194 Å². The summed E-state index contributed by atoms with van der Waals surface area (Å²) in [6.45, 7) is 4.24. The van der Waals surface area contributed by atoms with Crippen molar-refractivity contribution in [2.24, 2.45) is 0 Å². The Morgan fingerprint density at radius 1 is 0.522 bits per heavy atom. The van der Waals surface area contributed by atoms with Crippen molar-refractivity contribution in [1.29, 1.82) is 0 Å². The molecule has 0 radical (unpaired) electrons. The summed E-state index contributed by atoms with van der Waals surface area (Å²) in [5, 5.41) is 22.9. The average molecular weight is 644 g/mol. The van der Waals surface area contributed by atoms with Gasteiger partial charge >= 0.3 is 0 Å². The average Bonchev–Trinajstić information content (AvgIpc) is 3.06. The van der Waals surface area contributed by atoms with E-state index < -0.39 is 12.1 Å². The smallest absolute Gasteiger partial charge is 0.220 e. The fourth-order valence-corrected chi connectivity index (χ4v) is 5.68. The van der Waals surface area contributed by atoms with Crippen molar-refractivity contribution in [3.63, 3.8) is 0 Å². The highest BCUT2D eigenvalue weighted by molar-refractivity contribution is 5.76. The van der Waals surface area contributed by atoms with Gasteiger partial charge in [-0.2, -0.15) is 0 Å². The lowest BCUT2D eigenvalue weighted by molar-refractivity contribution is -0.123. The SMILES string of the molecule is CCCC/C=C\C/C=C\CCCCCCCC(=O)NC(CO)C(O)/C=C/CC/C=C/CCCCCCCCCCCCCCCC. The maximum absolute atomic E-state index is 12.3. The summed E-state index contributed by atoms with van der Waals surface area (Å²) in [7, 11) is 0. The number of hydrogen-bond acceptors (Lipinski definition) is 3. The van der Waals surface area contributed by atoms with E-state index in [0.29, 0.717) is 6.42 Å². The van der Waals surface area contributed by atoms with Crippen LogP contribution < -0.4 is 5.32 Å². The third-order valence-corrected chi connectivity index (χ3v) is 8.78. The Hall–Kier alpha value is -1.65. The molecule has 0 aliphatic rings. The van der Waals surface area contributed by atoms with Gasteiger partial charge in [0.2, 0.25) is 5.91 Å². The van der Waals surface area contributed by atoms with Gasteiger partial charge in [0, 0.05) is 6.42 Å². The van der Waals surface area contributed by atoms with Gasteiger partial charge in [-0.15, -0.1) is 0 Å². The molecule has 0 heterocycles. The molecule has 0 aliphatic carbocycles. The number of amides is 1. The highest BCUT2D eigenvalue weighted by atomic mass is 16.3. The summed E-state index contributed by atoms with van der Waals surface area (Å²) in [4.78, 5) is 12.3. The van der Waals surface area contributed by atoms with E-state index >= 15 is 0 Å². The zero-order valence-electron chi connectivity index (χ0n) is 30.6. The molecule has 4 nitrogen and oxygen atoms in total. The third kappa shape index (κ3) is 33.7. The number of aliphatic hydroxyl groups excluding tert-OH is 2. The second-order valence-electron chi connectivity index (χ2n) is 13.3. The number of rotatable bonds is 35. The van der Waals surface area contributed by atoms with Crippen molar-refractivity contribution in [2.45, 2.75) is 206 Å². The van der Waals surface area contributed by atoms with Crippen molar-refractivity contribution in [2.75, 3.05) is 6.61 Å². The Balaban J connectivity index is 3.67. The van der Waals surface area contributed by atoms with Crippen molar-refractivity contribution >= 4 is 5.91 Å². The number of nitrogens with one attached hydrogen (secondary N) is 1. The lowest BCUT2D eigenvalue weighted by atomic mass is 10.0. The molecule has 0 aromatic rings. The van der Waals surface area contributed by atoms with Crippen LogP contribution in [-0.2, 0) is 4.79 Å². The first-order valence-electron chi connectivity index (χ1n) is 19.9. The van der Waals surface area contributed by atoms with Crippen LogP contribution in [0.2, 0.25) is 0 Å². The Kier molecular flexibility index (Phi) is 36.4. The Bertz CT molecular complexity index is 741. The van der Waals surface area contributed by atoms with Crippen LogP contribution >= 0.6 is 0 Å². The zero-order chi connectivity index (χ0) is 33.6. The minimum atomic E-state index is -0.867. The molecule has 0 spiro atoms. The molecule has 0 aromatic heterocycles. The molecule has 0 bridgehead atoms. The van der Waals surface area contributed by atoms with Crippen molar-refractivity contribution < 1.29 is 15.0 Å². The van der Waals surface area contributed by atoms with Gasteiger partial charge in [-0.3, -0.25) is 4.79 Å². The number of unbranched alkanes of at least 4 members (excludes halogenated alkanes) is 22. The lowest BCUT2D eigenvalue weighted by Crippen LogP contribution is -2.45. The molecule has 3 N–H and O–H groups in total. The molecule has 0 saturated carbocycles. The molecule has 0 aromatic carbocycles. The first-order chi connectivity index (χ1) is 22.7. The van der Waals surface area contributed by atoms with Crippen molar-refractivity contribution in [1.82, 2.24) is 5.32 Å². The summed E-state index contributed by atoms with van der Waals surface area (Å²) in [6.07, 6.45) is 50.6. The first-order valence-corrected chi connectivity index (χ1v) is 19.9. The fourth-order valence-electron chi connectivity index (χ4n) is 5.68. The second-order valence-corrected chi connectivity index (χ2v) is 13.3. The van der Waals surface area contributed by atoms with Crippen LogP contribution in [-0.4, -0.2) is 34.9 Å². The molecule has 0 saturated heterocycles. The minimum absolute atomic E-state index is 0.0899. The Morgan fingerprint density at radius 2 is 0.935 bits per heavy atom. The Morgan fingerprint density at radius 3 is 1.46 bits per heavy atom. The molecule has 4 heteroatoms. The third-order valence-electron chi connectivity index (χ3n) is 8.78. The van der Waals surface area contributed by atoms with Gasteiger partial charge in [-0.05, 0) is 57.8 Å². The van der Waals surface area contributed by atoms with Crippen LogP contribution in [0, 0.1) is 0 Å². The number of hydrogen-bond donors (Lipinski definition) is 3. The topological polar surface area (TPSA) is 69.6 Å². The van der Waals surface area contributed by atoms with E-state index in [4.69, 9.17) is 0 Å². The molecule has 46 heavy (non-hydrogen) atoms. The van der Waals surface area contributed by atoms with E-state index in [9.17, 15) is 15.0 Å². The van der Waals surface area contributed by atoms with Gasteiger partial charge in [0.25, 0.3) is 0 Å². The van der Waals surface area contributed by atoms with Gasteiger partial charge in [0.1, 0.15) is 0 Å². The monoisotopic (exact) mass is 644 g/mol. The van der Waals surface area contributed by atoms with Crippen LogP contribution in [0.15, 0.2) is 48.6 Å². The summed E-state index contributed by atoms with van der Waals surface area (Å²) in [5.41, 5.74) is 0. The largest absolute Gasteiger partial charge is 0.394 e. The first kappa shape index (κ1) is 44.4. The molecular weight excluding hydrogens is 566 g/mol. The van der Waals surface area contributed by atoms with Gasteiger partial charge in [-0.25, -0.2) is 0 Å². The highest BCUT2D eigenvalue weighted by Crippen LogP contribution is 2.14. The molecule has 0 rings (SSSR count). The van der Waals surface area contributed by atoms with E-state index in [1.54, 1.807) is 6.08 Å². The van der Waals surface area contributed by atoms with Crippen molar-refractivity contribution in [3.05, 3.63) is 48.6 Å². The van der Waals surface area contributed by atoms with E-state index in [0.717, 1.165) is 51.4 Å². The molecule has 2 unspecified atom stereocenters. The van der Waals surface area contributed by atoms with Gasteiger partial charge in [0.05, 0.1) is 18.8 Å². The normalized spacial score (nSPS) is 13.6. The predicted molar refractivity (Wildman–Crippen MR) is 202 cm³/mol. The minimum Gasteiger partial charge on any atom is -0.394 e. The van der Waals surface area contributed by atoms with Gasteiger partial charge in [0.15, 0.2) is 0 Å². The molecule has 268 valence electrons. The number of allylic oxidation sites excluding steroid dienone is 7. The second kappa shape index (κ2) is 37.8. The standard InChI is InChI=1S/C42H77NO3/c1-3-5-7-9-11-13-15-17-19-20-21-22-23-24-25-27-29-31-33-35-37-41(45)40(39-44)43-42(46)38-36-34-32-30-28-26-18-16-14-12-10-8-6-4-2/h10,12,16,18,27,29,35,37,40-41,44-45H,3-9,11,13-15,17,19-26,28,30-34,36,38-39H2,1-2H3,(H,43,46)/b12-10-,18-16-,29-27+,37-35+. The lowest BCUT2D eigenvalue weighted by Gasteiger charge is -2.19. The fraction of sp³-hybridized carbons (Fsp3) is 0.786. The van der Waals surface area contributed by atoms with E-state index in [2.05, 4.69) is 55.6 Å². The number of aliphatic hydroxyl groups is 2. The summed E-state index contributed by atoms with van der Waals surface area (Å²) >= 11 is 0. The number of carbonyl (C=O) groups is 1. The van der Waals surface area contributed by atoms with E-state index in [-0.39, 0.29) is 12.5 Å². The van der Waals surface area contributed by atoms with Crippen LogP contribution in [0.4, 0.5) is 0 Å². The number of carbonyl (C=O) groups excluding carboxylic acids is 1. The van der Waals surface area contributed by atoms with Gasteiger partial charge in [-0.1, -0.05) is 178 Å². The van der Waals surface area contributed by atoms with Gasteiger partial charge < -0.3 is 15.5 Å². The highest BCUT2D eigenvalue weighted by Gasteiger charge is 2.17. The molecule has 1 amide bonds. The van der Waals surface area contributed by atoms with E-state index in [1.807, 2.05) is 6.08 Å². The quantitative estimate of drug-likeness (QED) is 0.0475. The molecule has 0 aliphatic heterocycles. The molecule has 2 atom stereocenters. The summed E-state index contributed by atoms with van der Waals surface area (Å²) < 4.78 is 0. The Labute approximate surface area is 286 Å². The van der Waals surface area contributed by atoms with Crippen molar-refractivity contribution in [3.8, 4) is 0 Å². The maximum atomic E-state index is 12.3. The maximum Gasteiger partial charge on any atom is 0.220 e. The van der Waals surface area contributed by atoms with Crippen LogP contribution in [0.3, 0.4) is 0 Å². The van der Waals surface area contributed by atoms with Crippen LogP contribution in [0.25, 0.3) is 0 Å². The zero-order valence-corrected chi connectivity index (χ0v) is 30.6. The molecule has 0 fully saturated rings. The predicted octanol–water partition coefficient (Wildman–Crippen LogP) is 12.0. The molecular formula is C42H77NO3. The summed E-state index contributed by atoms with van der Waals surface area (Å²) in [6, 6.07) is -0.645. The van der Waals surface area contributed by atoms with E-state index in [1.165, 1.54) is 122 Å². The van der Waals surface area contributed by atoms with Crippen LogP contribution in [0.5, 0.6) is 0 Å². The summed E-state index contributed by atoms with van der Waals surface area (Å²) in [5.74, 6) is -0.0899.